The smallest absolute Gasteiger partial charge is 0.230 e. The molecule has 0 amide bonds. The molecule has 2 aromatic heterocycles. The normalized spacial score (nSPS) is 23.0. The summed E-state index contributed by atoms with van der Waals surface area (Å²) in [6.45, 7) is 5.21. The van der Waals surface area contributed by atoms with Gasteiger partial charge in [-0.3, -0.25) is 14.8 Å². The van der Waals surface area contributed by atoms with Gasteiger partial charge in [0.1, 0.15) is 0 Å². The van der Waals surface area contributed by atoms with Gasteiger partial charge in [-0.05, 0) is 50.9 Å². The molecule has 2 aliphatic rings. The summed E-state index contributed by atoms with van der Waals surface area (Å²) in [4.78, 5) is 9.01. The van der Waals surface area contributed by atoms with Gasteiger partial charge in [-0.15, -0.1) is 10.2 Å². The standard InChI is InChI=1S/C18H25N5O/c1-13(14-5-8-19-9-6-14)23-10-7-16(11-23)22(2)12-17-20-21-18(24-17)15-3-4-15/h5-6,8-9,13,15-16H,3-4,7,10-12H2,1-2H3/t13-,16-/m1/s1. The third-order valence-electron chi connectivity index (χ3n) is 5.35. The molecule has 3 heterocycles. The second-order valence-corrected chi connectivity index (χ2v) is 7.12. The van der Waals surface area contributed by atoms with Gasteiger partial charge in [0, 0.05) is 43.5 Å². The highest BCUT2D eigenvalue weighted by molar-refractivity contribution is 5.15. The molecular formula is C18H25N5O. The molecule has 128 valence electrons. The molecule has 1 saturated heterocycles. The van der Waals surface area contributed by atoms with Crippen molar-refractivity contribution in [1.29, 1.82) is 0 Å². The number of aromatic nitrogens is 3. The summed E-state index contributed by atoms with van der Waals surface area (Å²) in [5, 5.41) is 8.39. The highest BCUT2D eigenvalue weighted by Gasteiger charge is 2.31. The number of likely N-dealkylation sites (N-methyl/N-ethyl adjacent to an activating group) is 1. The second kappa shape index (κ2) is 6.61. The van der Waals surface area contributed by atoms with Gasteiger partial charge in [-0.1, -0.05) is 0 Å². The van der Waals surface area contributed by atoms with E-state index in [0.29, 0.717) is 18.0 Å². The van der Waals surface area contributed by atoms with Crippen molar-refractivity contribution < 1.29 is 4.42 Å². The van der Waals surface area contributed by atoms with Crippen LogP contribution in [-0.4, -0.2) is 51.2 Å². The topological polar surface area (TPSA) is 58.3 Å². The van der Waals surface area contributed by atoms with Crippen LogP contribution in [-0.2, 0) is 6.54 Å². The Kier molecular flexibility index (Phi) is 4.33. The molecule has 1 aliphatic heterocycles. The molecule has 0 aromatic carbocycles. The van der Waals surface area contributed by atoms with E-state index in [1.165, 1.54) is 24.8 Å². The average Bonchev–Trinajstić information content (AvgIpc) is 3.16. The lowest BCUT2D eigenvalue weighted by atomic mass is 10.1. The lowest BCUT2D eigenvalue weighted by molar-refractivity contribution is 0.190. The monoisotopic (exact) mass is 327 g/mol. The van der Waals surface area contributed by atoms with E-state index in [0.717, 1.165) is 31.4 Å². The van der Waals surface area contributed by atoms with Crippen molar-refractivity contribution >= 4 is 0 Å². The number of pyridine rings is 1. The first kappa shape index (κ1) is 15.7. The lowest BCUT2D eigenvalue weighted by Crippen LogP contribution is -2.35. The van der Waals surface area contributed by atoms with Gasteiger partial charge in [-0.25, -0.2) is 0 Å². The maximum absolute atomic E-state index is 5.80. The van der Waals surface area contributed by atoms with Crippen LogP contribution in [0.25, 0.3) is 0 Å². The largest absolute Gasteiger partial charge is 0.424 e. The van der Waals surface area contributed by atoms with Crippen LogP contribution in [0.5, 0.6) is 0 Å². The molecule has 24 heavy (non-hydrogen) atoms. The Bertz CT molecular complexity index is 669. The van der Waals surface area contributed by atoms with Crippen molar-refractivity contribution in [3.05, 3.63) is 41.9 Å². The van der Waals surface area contributed by atoms with E-state index in [1.807, 2.05) is 12.4 Å². The Balaban J connectivity index is 1.33. The van der Waals surface area contributed by atoms with E-state index in [4.69, 9.17) is 4.42 Å². The predicted octanol–water partition coefficient (Wildman–Crippen LogP) is 2.61. The van der Waals surface area contributed by atoms with Crippen molar-refractivity contribution in [2.75, 3.05) is 20.1 Å². The summed E-state index contributed by atoms with van der Waals surface area (Å²) in [5.41, 5.74) is 1.33. The number of hydrogen-bond donors (Lipinski definition) is 0. The molecule has 1 saturated carbocycles. The Morgan fingerprint density at radius 1 is 1.25 bits per heavy atom. The number of nitrogens with zero attached hydrogens (tertiary/aromatic N) is 5. The number of rotatable bonds is 6. The SMILES string of the molecule is C[C@H](c1ccncc1)N1CC[C@@H](N(C)Cc2nnc(C3CC3)o2)C1. The van der Waals surface area contributed by atoms with Gasteiger partial charge < -0.3 is 4.42 Å². The molecule has 2 aromatic rings. The van der Waals surface area contributed by atoms with Crippen molar-refractivity contribution in [1.82, 2.24) is 25.0 Å². The van der Waals surface area contributed by atoms with Gasteiger partial charge in [0.15, 0.2) is 0 Å². The van der Waals surface area contributed by atoms with Crippen molar-refractivity contribution in [3.8, 4) is 0 Å². The first-order valence-corrected chi connectivity index (χ1v) is 8.87. The van der Waals surface area contributed by atoms with Gasteiger partial charge >= 0.3 is 0 Å². The van der Waals surface area contributed by atoms with E-state index in [-0.39, 0.29) is 0 Å². The molecule has 0 unspecified atom stereocenters. The summed E-state index contributed by atoms with van der Waals surface area (Å²) in [5.74, 6) is 2.11. The molecular weight excluding hydrogens is 302 g/mol. The second-order valence-electron chi connectivity index (χ2n) is 7.12. The molecule has 0 N–H and O–H groups in total. The quantitative estimate of drug-likeness (QED) is 0.813. The predicted molar refractivity (Wildman–Crippen MR) is 90.4 cm³/mol. The van der Waals surface area contributed by atoms with Crippen molar-refractivity contribution in [3.63, 3.8) is 0 Å². The van der Waals surface area contributed by atoms with Crippen molar-refractivity contribution in [2.45, 2.75) is 50.7 Å². The summed E-state index contributed by atoms with van der Waals surface area (Å²) >= 11 is 0. The molecule has 0 bridgehead atoms. The third-order valence-corrected chi connectivity index (χ3v) is 5.35. The van der Waals surface area contributed by atoms with Crippen LogP contribution in [0, 0.1) is 0 Å². The number of likely N-dealkylation sites (tertiary alicyclic amines) is 1. The van der Waals surface area contributed by atoms with Crippen LogP contribution in [0.3, 0.4) is 0 Å². The summed E-state index contributed by atoms with van der Waals surface area (Å²) in [6.07, 6.45) is 7.32. The van der Waals surface area contributed by atoms with Crippen LogP contribution >= 0.6 is 0 Å². The maximum atomic E-state index is 5.80. The fourth-order valence-electron chi connectivity index (χ4n) is 3.50. The van der Waals surface area contributed by atoms with E-state index in [2.05, 4.69) is 51.1 Å². The minimum atomic E-state index is 0.427. The molecule has 2 fully saturated rings. The summed E-state index contributed by atoms with van der Waals surface area (Å²) in [7, 11) is 2.16. The van der Waals surface area contributed by atoms with Crippen molar-refractivity contribution in [2.24, 2.45) is 0 Å². The van der Waals surface area contributed by atoms with E-state index in [9.17, 15) is 0 Å². The average molecular weight is 327 g/mol. The van der Waals surface area contributed by atoms with Crippen LogP contribution in [0.4, 0.5) is 0 Å². The Morgan fingerprint density at radius 2 is 2.04 bits per heavy atom. The zero-order chi connectivity index (χ0) is 16.5. The van der Waals surface area contributed by atoms with Crippen LogP contribution in [0.1, 0.15) is 55.5 Å². The Hall–Kier alpha value is -1.79. The fraction of sp³-hybridized carbons (Fsp3) is 0.611. The molecule has 6 nitrogen and oxygen atoms in total. The van der Waals surface area contributed by atoms with E-state index >= 15 is 0 Å². The highest BCUT2D eigenvalue weighted by atomic mass is 16.4. The molecule has 4 rings (SSSR count). The first-order valence-electron chi connectivity index (χ1n) is 8.87. The number of hydrogen-bond acceptors (Lipinski definition) is 6. The molecule has 6 heteroatoms. The molecule has 1 aliphatic carbocycles. The van der Waals surface area contributed by atoms with E-state index < -0.39 is 0 Å². The van der Waals surface area contributed by atoms with Gasteiger partial charge in [0.2, 0.25) is 11.8 Å². The Labute approximate surface area is 142 Å². The van der Waals surface area contributed by atoms with Crippen LogP contribution in [0.2, 0.25) is 0 Å². The fourth-order valence-corrected chi connectivity index (χ4v) is 3.50. The zero-order valence-electron chi connectivity index (χ0n) is 14.4. The minimum Gasteiger partial charge on any atom is -0.424 e. The van der Waals surface area contributed by atoms with Crippen LogP contribution < -0.4 is 0 Å². The third kappa shape index (κ3) is 3.35. The molecule has 0 spiro atoms. The summed E-state index contributed by atoms with van der Waals surface area (Å²) in [6, 6.07) is 5.18. The molecule has 0 radical (unpaired) electrons. The minimum absolute atomic E-state index is 0.427. The Morgan fingerprint density at radius 3 is 2.79 bits per heavy atom. The first-order chi connectivity index (χ1) is 11.7. The van der Waals surface area contributed by atoms with Crippen LogP contribution in [0.15, 0.2) is 28.9 Å². The van der Waals surface area contributed by atoms with Gasteiger partial charge in [0.05, 0.1) is 6.54 Å². The zero-order valence-corrected chi connectivity index (χ0v) is 14.4. The summed E-state index contributed by atoms with van der Waals surface area (Å²) < 4.78 is 5.80. The maximum Gasteiger partial charge on any atom is 0.230 e. The lowest BCUT2D eigenvalue weighted by Gasteiger charge is -2.27. The van der Waals surface area contributed by atoms with E-state index in [1.54, 1.807) is 0 Å². The van der Waals surface area contributed by atoms with Gasteiger partial charge in [0.25, 0.3) is 0 Å². The molecule has 2 atom stereocenters. The highest BCUT2D eigenvalue weighted by Crippen LogP contribution is 2.39. The van der Waals surface area contributed by atoms with Gasteiger partial charge in [-0.2, -0.15) is 0 Å².